The van der Waals surface area contributed by atoms with Crippen molar-refractivity contribution in [1.82, 2.24) is 5.32 Å². The number of hydrogen-bond donors (Lipinski definition) is 1. The SMILES string of the molecule is CCC(C)[C@@H]1C[C@H](CC)NC1(CC)CC. The molecule has 0 aromatic heterocycles. The van der Waals surface area contributed by atoms with Crippen molar-refractivity contribution in [2.75, 3.05) is 0 Å². The third kappa shape index (κ3) is 2.38. The maximum absolute atomic E-state index is 3.92. The first kappa shape index (κ1) is 13.0. The van der Waals surface area contributed by atoms with E-state index in [2.05, 4.69) is 39.9 Å². The molecular weight excluding hydrogens is 182 g/mol. The molecular formula is C14H29N. The van der Waals surface area contributed by atoms with Gasteiger partial charge in [0.15, 0.2) is 0 Å². The standard InChI is InChI=1S/C14H29N/c1-6-11(5)13-10-12(7-2)15-14(13,8-3)9-4/h11-13,15H,6-10H2,1-5H3/t11?,12-,13-/m0/s1. The molecule has 0 spiro atoms. The van der Waals surface area contributed by atoms with E-state index in [9.17, 15) is 0 Å². The molecule has 1 aliphatic rings. The maximum Gasteiger partial charge on any atom is 0.0210 e. The van der Waals surface area contributed by atoms with E-state index in [0.717, 1.165) is 17.9 Å². The first-order valence-electron chi connectivity index (χ1n) is 6.91. The van der Waals surface area contributed by atoms with Crippen LogP contribution >= 0.6 is 0 Å². The van der Waals surface area contributed by atoms with Crippen molar-refractivity contribution < 1.29 is 0 Å². The molecule has 0 bridgehead atoms. The van der Waals surface area contributed by atoms with Gasteiger partial charge in [0, 0.05) is 11.6 Å². The Morgan fingerprint density at radius 3 is 2.20 bits per heavy atom. The van der Waals surface area contributed by atoms with E-state index in [1.165, 1.54) is 32.1 Å². The second-order valence-electron chi connectivity index (χ2n) is 5.34. The lowest BCUT2D eigenvalue weighted by molar-refractivity contribution is 0.190. The summed E-state index contributed by atoms with van der Waals surface area (Å²) >= 11 is 0. The minimum absolute atomic E-state index is 0.441. The summed E-state index contributed by atoms with van der Waals surface area (Å²) in [7, 11) is 0. The van der Waals surface area contributed by atoms with Gasteiger partial charge >= 0.3 is 0 Å². The summed E-state index contributed by atoms with van der Waals surface area (Å²) in [4.78, 5) is 0. The smallest absolute Gasteiger partial charge is 0.0210 e. The molecule has 1 heteroatoms. The highest BCUT2D eigenvalue weighted by Gasteiger charge is 2.45. The molecule has 15 heavy (non-hydrogen) atoms. The van der Waals surface area contributed by atoms with Gasteiger partial charge in [-0.2, -0.15) is 0 Å². The lowest BCUT2D eigenvalue weighted by Gasteiger charge is -2.37. The number of rotatable bonds is 5. The minimum atomic E-state index is 0.441. The molecule has 0 aromatic rings. The number of hydrogen-bond acceptors (Lipinski definition) is 1. The van der Waals surface area contributed by atoms with Gasteiger partial charge in [0.25, 0.3) is 0 Å². The van der Waals surface area contributed by atoms with Gasteiger partial charge in [0.05, 0.1) is 0 Å². The van der Waals surface area contributed by atoms with Gasteiger partial charge in [-0.25, -0.2) is 0 Å². The third-order valence-corrected chi connectivity index (χ3v) is 4.83. The van der Waals surface area contributed by atoms with Crippen LogP contribution in [0.4, 0.5) is 0 Å². The third-order valence-electron chi connectivity index (χ3n) is 4.83. The normalized spacial score (nSPS) is 31.8. The lowest BCUT2D eigenvalue weighted by Crippen LogP contribution is -2.47. The Balaban J connectivity index is 2.81. The van der Waals surface area contributed by atoms with E-state index < -0.39 is 0 Å². The molecule has 1 rings (SSSR count). The van der Waals surface area contributed by atoms with E-state index >= 15 is 0 Å². The van der Waals surface area contributed by atoms with Crippen molar-refractivity contribution in [3.05, 3.63) is 0 Å². The molecule has 0 radical (unpaired) electrons. The van der Waals surface area contributed by atoms with Crippen LogP contribution in [0.15, 0.2) is 0 Å². The topological polar surface area (TPSA) is 12.0 Å². The van der Waals surface area contributed by atoms with Gasteiger partial charge in [-0.15, -0.1) is 0 Å². The van der Waals surface area contributed by atoms with Crippen molar-refractivity contribution in [2.45, 2.75) is 78.3 Å². The van der Waals surface area contributed by atoms with Crippen molar-refractivity contribution in [3.63, 3.8) is 0 Å². The van der Waals surface area contributed by atoms with Crippen molar-refractivity contribution in [1.29, 1.82) is 0 Å². The Kier molecular flexibility index (Phi) is 4.64. The Morgan fingerprint density at radius 2 is 1.80 bits per heavy atom. The molecule has 1 saturated heterocycles. The average molecular weight is 211 g/mol. The zero-order valence-electron chi connectivity index (χ0n) is 11.3. The fourth-order valence-corrected chi connectivity index (χ4v) is 3.41. The molecule has 90 valence electrons. The van der Waals surface area contributed by atoms with Crippen LogP contribution in [-0.4, -0.2) is 11.6 Å². The Morgan fingerprint density at radius 1 is 1.20 bits per heavy atom. The van der Waals surface area contributed by atoms with Crippen molar-refractivity contribution in [2.24, 2.45) is 11.8 Å². The number of nitrogens with one attached hydrogen (secondary N) is 1. The molecule has 0 aliphatic carbocycles. The van der Waals surface area contributed by atoms with Gasteiger partial charge in [-0.3, -0.25) is 0 Å². The monoisotopic (exact) mass is 211 g/mol. The second-order valence-corrected chi connectivity index (χ2v) is 5.34. The molecule has 0 saturated carbocycles. The zero-order chi connectivity index (χ0) is 11.5. The molecule has 0 amide bonds. The van der Waals surface area contributed by atoms with Gasteiger partial charge < -0.3 is 5.32 Å². The largest absolute Gasteiger partial charge is 0.308 e. The summed E-state index contributed by atoms with van der Waals surface area (Å²) in [5, 5.41) is 3.92. The Hall–Kier alpha value is -0.0400. The highest BCUT2D eigenvalue weighted by molar-refractivity contribution is 5.03. The Labute approximate surface area is 96.0 Å². The van der Waals surface area contributed by atoms with Crippen LogP contribution in [0.5, 0.6) is 0 Å². The van der Waals surface area contributed by atoms with Crippen LogP contribution in [-0.2, 0) is 0 Å². The first-order valence-corrected chi connectivity index (χ1v) is 6.91. The average Bonchev–Trinajstić information content (AvgIpc) is 2.67. The maximum atomic E-state index is 3.92. The summed E-state index contributed by atoms with van der Waals surface area (Å²) in [5.41, 5.74) is 0.441. The summed E-state index contributed by atoms with van der Waals surface area (Å²) in [6.45, 7) is 11.8. The fourth-order valence-electron chi connectivity index (χ4n) is 3.41. The van der Waals surface area contributed by atoms with E-state index in [4.69, 9.17) is 0 Å². The van der Waals surface area contributed by atoms with Gasteiger partial charge in [0.1, 0.15) is 0 Å². The van der Waals surface area contributed by atoms with E-state index in [-0.39, 0.29) is 0 Å². The molecule has 1 nitrogen and oxygen atoms in total. The quantitative estimate of drug-likeness (QED) is 0.725. The van der Waals surface area contributed by atoms with Crippen LogP contribution in [0.3, 0.4) is 0 Å². The summed E-state index contributed by atoms with van der Waals surface area (Å²) in [6.07, 6.45) is 6.58. The summed E-state index contributed by atoms with van der Waals surface area (Å²) in [5.74, 6) is 1.76. The molecule has 1 aliphatic heterocycles. The van der Waals surface area contributed by atoms with Crippen molar-refractivity contribution >= 4 is 0 Å². The van der Waals surface area contributed by atoms with Crippen LogP contribution in [0.25, 0.3) is 0 Å². The first-order chi connectivity index (χ1) is 7.13. The van der Waals surface area contributed by atoms with E-state index in [1.807, 2.05) is 0 Å². The molecule has 3 atom stereocenters. The van der Waals surface area contributed by atoms with Crippen LogP contribution in [0.2, 0.25) is 0 Å². The zero-order valence-corrected chi connectivity index (χ0v) is 11.3. The Bertz CT molecular complexity index is 184. The molecule has 1 heterocycles. The predicted octanol–water partition coefficient (Wildman–Crippen LogP) is 3.98. The second kappa shape index (κ2) is 5.34. The fraction of sp³-hybridized carbons (Fsp3) is 1.00. The summed E-state index contributed by atoms with van der Waals surface area (Å²) < 4.78 is 0. The highest BCUT2D eigenvalue weighted by atomic mass is 15.1. The van der Waals surface area contributed by atoms with Crippen LogP contribution in [0, 0.1) is 11.8 Å². The molecule has 1 unspecified atom stereocenters. The van der Waals surface area contributed by atoms with Crippen LogP contribution in [0.1, 0.15) is 66.7 Å². The van der Waals surface area contributed by atoms with Gasteiger partial charge in [-0.05, 0) is 37.5 Å². The minimum Gasteiger partial charge on any atom is -0.308 e. The lowest BCUT2D eigenvalue weighted by atomic mass is 9.73. The molecule has 0 aromatic carbocycles. The summed E-state index contributed by atoms with van der Waals surface area (Å²) in [6, 6.07) is 0.768. The molecule has 1 fully saturated rings. The molecule has 1 N–H and O–H groups in total. The van der Waals surface area contributed by atoms with Gasteiger partial charge in [0.2, 0.25) is 0 Å². The van der Waals surface area contributed by atoms with Gasteiger partial charge in [-0.1, -0.05) is 41.0 Å². The van der Waals surface area contributed by atoms with E-state index in [0.29, 0.717) is 5.54 Å². The predicted molar refractivity (Wildman–Crippen MR) is 68.1 cm³/mol. The van der Waals surface area contributed by atoms with Crippen LogP contribution < -0.4 is 5.32 Å². The van der Waals surface area contributed by atoms with E-state index in [1.54, 1.807) is 0 Å². The van der Waals surface area contributed by atoms with Crippen molar-refractivity contribution in [3.8, 4) is 0 Å². The highest BCUT2D eigenvalue weighted by Crippen LogP contribution is 2.41.